The predicted molar refractivity (Wildman–Crippen MR) is 112 cm³/mol. The molecule has 0 saturated carbocycles. The first-order chi connectivity index (χ1) is 13.5. The maximum atomic E-state index is 12.4. The van der Waals surface area contributed by atoms with Crippen LogP contribution in [0.3, 0.4) is 0 Å². The molecule has 0 aliphatic carbocycles. The van der Waals surface area contributed by atoms with E-state index in [1.54, 1.807) is 30.3 Å². The number of carbonyl (C=O) groups is 1. The van der Waals surface area contributed by atoms with E-state index in [2.05, 4.69) is 12.2 Å². The third kappa shape index (κ3) is 5.91. The van der Waals surface area contributed by atoms with Gasteiger partial charge in [-0.2, -0.15) is 5.26 Å². The lowest BCUT2D eigenvalue weighted by Gasteiger charge is -2.11. The molecular formula is C21H20Cl2N2O3. The van der Waals surface area contributed by atoms with Crippen LogP contribution >= 0.6 is 23.2 Å². The highest BCUT2D eigenvalue weighted by molar-refractivity contribution is 6.36. The van der Waals surface area contributed by atoms with Gasteiger partial charge in [-0.25, -0.2) is 0 Å². The molecule has 0 spiro atoms. The number of hydrogen-bond donors (Lipinski definition) is 1. The minimum absolute atomic E-state index is 0.0762. The summed E-state index contributed by atoms with van der Waals surface area (Å²) in [6.07, 6.45) is 3.44. The second-order valence-corrected chi connectivity index (χ2v) is 6.70. The summed E-state index contributed by atoms with van der Waals surface area (Å²) in [5.74, 6) is 0.571. The van der Waals surface area contributed by atoms with E-state index < -0.39 is 5.91 Å². The van der Waals surface area contributed by atoms with Crippen molar-refractivity contribution in [2.45, 2.75) is 19.8 Å². The van der Waals surface area contributed by atoms with E-state index >= 15 is 0 Å². The summed E-state index contributed by atoms with van der Waals surface area (Å²) < 4.78 is 11.0. The summed E-state index contributed by atoms with van der Waals surface area (Å²) in [5.41, 5.74) is 0.927. The fraction of sp³-hybridized carbons (Fsp3) is 0.238. The van der Waals surface area contributed by atoms with Crippen molar-refractivity contribution >= 4 is 40.9 Å². The second kappa shape index (κ2) is 10.6. The zero-order valence-electron chi connectivity index (χ0n) is 15.6. The summed E-state index contributed by atoms with van der Waals surface area (Å²) >= 11 is 11.9. The number of anilines is 1. The summed E-state index contributed by atoms with van der Waals surface area (Å²) in [5, 5.41) is 12.7. The Labute approximate surface area is 174 Å². The van der Waals surface area contributed by atoms with Crippen molar-refractivity contribution in [3.05, 3.63) is 57.6 Å². The Morgan fingerprint density at radius 1 is 1.21 bits per heavy atom. The zero-order valence-corrected chi connectivity index (χ0v) is 17.1. The van der Waals surface area contributed by atoms with Crippen LogP contribution in [-0.4, -0.2) is 19.6 Å². The van der Waals surface area contributed by atoms with Crippen LogP contribution in [0.25, 0.3) is 6.08 Å². The molecule has 146 valence electrons. The van der Waals surface area contributed by atoms with Crippen molar-refractivity contribution in [2.24, 2.45) is 0 Å². The number of methoxy groups -OCH3 is 1. The van der Waals surface area contributed by atoms with E-state index in [4.69, 9.17) is 32.7 Å². The Hall–Kier alpha value is -2.68. The van der Waals surface area contributed by atoms with Crippen LogP contribution in [0.1, 0.15) is 25.3 Å². The Kier molecular flexibility index (Phi) is 8.19. The molecule has 0 aromatic heterocycles. The molecule has 0 aliphatic rings. The van der Waals surface area contributed by atoms with Crippen molar-refractivity contribution in [3.8, 4) is 17.6 Å². The number of nitrogens with one attached hydrogen (secondary N) is 1. The predicted octanol–water partition coefficient (Wildman–Crippen LogP) is 5.73. The molecule has 7 heteroatoms. The highest BCUT2D eigenvalue weighted by Gasteiger charge is 2.13. The molecule has 0 unspecified atom stereocenters. The lowest BCUT2D eigenvalue weighted by Crippen LogP contribution is -2.13. The third-order valence-electron chi connectivity index (χ3n) is 3.80. The van der Waals surface area contributed by atoms with E-state index in [0.717, 1.165) is 12.8 Å². The van der Waals surface area contributed by atoms with Crippen LogP contribution in [0, 0.1) is 11.3 Å². The summed E-state index contributed by atoms with van der Waals surface area (Å²) in [6, 6.07) is 11.8. The van der Waals surface area contributed by atoms with Crippen LogP contribution < -0.4 is 14.8 Å². The lowest BCUT2D eigenvalue weighted by molar-refractivity contribution is -0.112. The van der Waals surface area contributed by atoms with Gasteiger partial charge >= 0.3 is 0 Å². The lowest BCUT2D eigenvalue weighted by atomic mass is 10.1. The number of nitrogens with zero attached hydrogens (tertiary/aromatic N) is 1. The number of amides is 1. The summed E-state index contributed by atoms with van der Waals surface area (Å²) in [4.78, 5) is 12.4. The van der Waals surface area contributed by atoms with E-state index in [9.17, 15) is 10.1 Å². The molecule has 0 heterocycles. The minimum atomic E-state index is -0.575. The van der Waals surface area contributed by atoms with E-state index in [1.807, 2.05) is 6.07 Å². The van der Waals surface area contributed by atoms with Gasteiger partial charge in [0, 0.05) is 5.02 Å². The number of carbonyl (C=O) groups excluding carboxylic acids is 1. The second-order valence-electron chi connectivity index (χ2n) is 5.86. The monoisotopic (exact) mass is 418 g/mol. The number of unbranched alkanes of at least 4 members (excludes halogenated alkanes) is 1. The van der Waals surface area contributed by atoms with Crippen molar-refractivity contribution in [3.63, 3.8) is 0 Å². The SMILES string of the molecule is CCCCOc1ccc(C=C(C#N)C(=O)Nc2ccc(Cl)cc2Cl)cc1OC. The third-order valence-corrected chi connectivity index (χ3v) is 4.35. The van der Waals surface area contributed by atoms with Crippen LogP contribution in [0.5, 0.6) is 11.5 Å². The molecule has 2 aromatic rings. The largest absolute Gasteiger partial charge is 0.493 e. The molecule has 28 heavy (non-hydrogen) atoms. The Bertz CT molecular complexity index is 920. The van der Waals surface area contributed by atoms with E-state index in [0.29, 0.717) is 34.4 Å². The Morgan fingerprint density at radius 3 is 2.64 bits per heavy atom. The first kappa shape index (κ1) is 21.6. The topological polar surface area (TPSA) is 71.3 Å². The van der Waals surface area contributed by atoms with Crippen LogP contribution in [-0.2, 0) is 4.79 Å². The van der Waals surface area contributed by atoms with Crippen molar-refractivity contribution in [2.75, 3.05) is 19.0 Å². The summed E-state index contributed by atoms with van der Waals surface area (Å²) in [6.45, 7) is 2.68. The minimum Gasteiger partial charge on any atom is -0.493 e. The van der Waals surface area contributed by atoms with Crippen LogP contribution in [0.2, 0.25) is 10.0 Å². The van der Waals surface area contributed by atoms with Gasteiger partial charge in [-0.15, -0.1) is 0 Å². The number of nitriles is 1. The number of benzene rings is 2. The molecule has 0 aliphatic heterocycles. The number of hydrogen-bond acceptors (Lipinski definition) is 4. The quantitative estimate of drug-likeness (QED) is 0.337. The zero-order chi connectivity index (χ0) is 20.5. The van der Waals surface area contributed by atoms with E-state index in [-0.39, 0.29) is 10.6 Å². The normalized spacial score (nSPS) is 10.9. The first-order valence-electron chi connectivity index (χ1n) is 8.67. The molecule has 0 radical (unpaired) electrons. The van der Waals surface area contributed by atoms with Crippen molar-refractivity contribution in [1.29, 1.82) is 5.26 Å². The van der Waals surface area contributed by atoms with Crippen LogP contribution in [0.4, 0.5) is 5.69 Å². The Balaban J connectivity index is 2.20. The molecule has 2 aromatic carbocycles. The first-order valence-corrected chi connectivity index (χ1v) is 9.43. The number of ether oxygens (including phenoxy) is 2. The molecule has 0 fully saturated rings. The molecule has 0 atom stereocenters. The molecule has 5 nitrogen and oxygen atoms in total. The van der Waals surface area contributed by atoms with Gasteiger partial charge in [-0.1, -0.05) is 42.6 Å². The maximum Gasteiger partial charge on any atom is 0.266 e. The maximum absolute atomic E-state index is 12.4. The molecule has 2 rings (SSSR count). The average Bonchev–Trinajstić information content (AvgIpc) is 2.69. The highest BCUT2D eigenvalue weighted by atomic mass is 35.5. The van der Waals surface area contributed by atoms with Gasteiger partial charge < -0.3 is 14.8 Å². The molecule has 0 saturated heterocycles. The fourth-order valence-corrected chi connectivity index (χ4v) is 2.77. The standard InChI is InChI=1S/C21H20Cl2N2O3/c1-3-4-9-28-19-8-5-14(11-20(19)27-2)10-15(13-24)21(26)25-18-7-6-16(22)12-17(18)23/h5-8,10-12H,3-4,9H2,1-2H3,(H,25,26). The van der Waals surface area contributed by atoms with Crippen LogP contribution in [0.15, 0.2) is 42.0 Å². The van der Waals surface area contributed by atoms with Crippen molar-refractivity contribution in [1.82, 2.24) is 0 Å². The van der Waals surface area contributed by atoms with Crippen molar-refractivity contribution < 1.29 is 14.3 Å². The fourth-order valence-electron chi connectivity index (χ4n) is 2.32. The van der Waals surface area contributed by atoms with Gasteiger partial charge in [-0.05, 0) is 48.4 Å². The number of halogens is 2. The average molecular weight is 419 g/mol. The van der Waals surface area contributed by atoms with Gasteiger partial charge in [0.1, 0.15) is 11.6 Å². The van der Waals surface area contributed by atoms with Gasteiger partial charge in [0.15, 0.2) is 11.5 Å². The number of rotatable bonds is 8. The molecule has 1 amide bonds. The van der Waals surface area contributed by atoms with Gasteiger partial charge in [0.2, 0.25) is 0 Å². The molecular weight excluding hydrogens is 399 g/mol. The highest BCUT2D eigenvalue weighted by Crippen LogP contribution is 2.30. The van der Waals surface area contributed by atoms with Gasteiger partial charge in [0.25, 0.3) is 5.91 Å². The van der Waals surface area contributed by atoms with E-state index in [1.165, 1.54) is 19.3 Å². The van der Waals surface area contributed by atoms with Gasteiger partial charge in [-0.3, -0.25) is 4.79 Å². The molecule has 0 bridgehead atoms. The molecule has 1 N–H and O–H groups in total. The van der Waals surface area contributed by atoms with Gasteiger partial charge in [0.05, 0.1) is 24.4 Å². The smallest absolute Gasteiger partial charge is 0.266 e. The summed E-state index contributed by atoms with van der Waals surface area (Å²) in [7, 11) is 1.54. The Morgan fingerprint density at radius 2 is 2.00 bits per heavy atom.